The molecule has 0 saturated heterocycles. The second kappa shape index (κ2) is 9.47. The summed E-state index contributed by atoms with van der Waals surface area (Å²) in [4.78, 5) is 15.2. The minimum atomic E-state index is -1.01. The van der Waals surface area contributed by atoms with E-state index < -0.39 is 17.7 Å². The molecule has 2 aromatic rings. The number of benzene rings is 2. The van der Waals surface area contributed by atoms with Crippen molar-refractivity contribution in [2.45, 2.75) is 105 Å². The Bertz CT molecular complexity index is 1060. The summed E-state index contributed by atoms with van der Waals surface area (Å²) in [6, 6.07) is 9.08. The maximum absolute atomic E-state index is 12.6. The molecule has 1 aliphatic carbocycles. The number of carboxylic acid groups (broad SMARTS) is 1. The lowest BCUT2D eigenvalue weighted by Crippen LogP contribution is -2.34. The topological polar surface area (TPSA) is 49.8 Å². The molecule has 4 heteroatoms. The van der Waals surface area contributed by atoms with Crippen LogP contribution in [0.4, 0.5) is 0 Å². The number of carboxylic acids is 1. The molecule has 4 rings (SSSR count). The van der Waals surface area contributed by atoms with Crippen LogP contribution in [0.2, 0.25) is 0 Å². The van der Waals surface area contributed by atoms with Gasteiger partial charge in [-0.15, -0.1) is 0 Å². The highest BCUT2D eigenvalue weighted by atomic mass is 16.5. The van der Waals surface area contributed by atoms with Crippen LogP contribution in [-0.2, 0) is 22.6 Å². The Labute approximate surface area is 205 Å². The molecule has 0 amide bonds. The average Bonchev–Trinajstić information content (AvgIpc) is 3.21. The molecule has 1 unspecified atom stereocenters. The molecule has 4 nitrogen and oxygen atoms in total. The van der Waals surface area contributed by atoms with E-state index in [9.17, 15) is 9.90 Å². The molecule has 1 saturated carbocycles. The number of aryl methyl sites for hydroxylation is 1. The van der Waals surface area contributed by atoms with Crippen LogP contribution in [0, 0.1) is 26.7 Å². The Morgan fingerprint density at radius 2 is 1.65 bits per heavy atom. The maximum atomic E-state index is 12.6. The Morgan fingerprint density at radius 3 is 2.21 bits per heavy atom. The number of hydrogen-bond donors (Lipinski definition) is 1. The van der Waals surface area contributed by atoms with Crippen LogP contribution in [-0.4, -0.2) is 27.6 Å². The summed E-state index contributed by atoms with van der Waals surface area (Å²) in [7, 11) is 0. The monoisotopic (exact) mass is 463 g/mol. The van der Waals surface area contributed by atoms with Gasteiger partial charge in [-0.05, 0) is 93.7 Å². The van der Waals surface area contributed by atoms with Crippen molar-refractivity contribution < 1.29 is 14.6 Å². The van der Waals surface area contributed by atoms with E-state index in [0.29, 0.717) is 6.04 Å². The van der Waals surface area contributed by atoms with Crippen molar-refractivity contribution in [2.75, 3.05) is 0 Å². The van der Waals surface area contributed by atoms with Crippen LogP contribution in [0.15, 0.2) is 24.3 Å². The summed E-state index contributed by atoms with van der Waals surface area (Å²) >= 11 is 0. The van der Waals surface area contributed by atoms with E-state index in [-0.39, 0.29) is 0 Å². The molecule has 0 spiro atoms. The van der Waals surface area contributed by atoms with Crippen molar-refractivity contribution in [2.24, 2.45) is 5.92 Å². The molecule has 2 aliphatic rings. The molecule has 1 aliphatic heterocycles. The van der Waals surface area contributed by atoms with Crippen molar-refractivity contribution in [1.29, 1.82) is 0 Å². The highest BCUT2D eigenvalue weighted by Gasteiger charge is 2.37. The van der Waals surface area contributed by atoms with Crippen LogP contribution in [0.25, 0.3) is 11.1 Å². The Morgan fingerprint density at radius 1 is 1.03 bits per heavy atom. The van der Waals surface area contributed by atoms with Crippen LogP contribution in [0.5, 0.6) is 0 Å². The van der Waals surface area contributed by atoms with Crippen molar-refractivity contribution in [1.82, 2.24) is 4.90 Å². The number of carbonyl (C=O) groups is 1. The molecule has 1 fully saturated rings. The van der Waals surface area contributed by atoms with Gasteiger partial charge in [-0.1, -0.05) is 49.6 Å². The molecule has 184 valence electrons. The Hall–Kier alpha value is -2.17. The van der Waals surface area contributed by atoms with Gasteiger partial charge in [0.1, 0.15) is 0 Å². The predicted molar refractivity (Wildman–Crippen MR) is 138 cm³/mol. The van der Waals surface area contributed by atoms with E-state index in [1.54, 1.807) is 0 Å². The zero-order valence-corrected chi connectivity index (χ0v) is 22.0. The van der Waals surface area contributed by atoms with Crippen molar-refractivity contribution in [3.8, 4) is 11.1 Å². The fraction of sp³-hybridized carbons (Fsp3) is 0.567. The van der Waals surface area contributed by atoms with Gasteiger partial charge < -0.3 is 9.84 Å². The number of rotatable bonds is 5. The van der Waals surface area contributed by atoms with Gasteiger partial charge in [0.05, 0.1) is 5.60 Å². The molecule has 0 aromatic heterocycles. The first-order chi connectivity index (χ1) is 16.0. The van der Waals surface area contributed by atoms with E-state index in [1.807, 2.05) is 20.8 Å². The second-order valence-electron chi connectivity index (χ2n) is 11.6. The Balaban J connectivity index is 1.87. The highest BCUT2D eigenvalue weighted by Crippen LogP contribution is 2.45. The third-order valence-corrected chi connectivity index (χ3v) is 7.76. The van der Waals surface area contributed by atoms with Gasteiger partial charge in [0.2, 0.25) is 0 Å². The van der Waals surface area contributed by atoms with Gasteiger partial charge in [0.25, 0.3) is 0 Å². The number of ether oxygens (including phenoxy) is 1. The van der Waals surface area contributed by atoms with Crippen molar-refractivity contribution in [3.63, 3.8) is 0 Å². The lowest BCUT2D eigenvalue weighted by molar-refractivity contribution is -0.160. The van der Waals surface area contributed by atoms with E-state index >= 15 is 0 Å². The average molecular weight is 464 g/mol. The van der Waals surface area contributed by atoms with E-state index in [2.05, 4.69) is 56.9 Å². The lowest BCUT2D eigenvalue weighted by atomic mass is 9.83. The first-order valence-corrected chi connectivity index (χ1v) is 12.8. The molecular formula is C30H41NO3. The smallest absolute Gasteiger partial charge is 0.337 e. The van der Waals surface area contributed by atoms with Crippen LogP contribution < -0.4 is 0 Å². The molecule has 0 radical (unpaired) electrons. The molecule has 3 atom stereocenters. The molecule has 2 aromatic carbocycles. The Kier molecular flexibility index (Phi) is 6.94. The fourth-order valence-electron chi connectivity index (χ4n) is 6.04. The number of fused-ring (bicyclic) bond motifs is 1. The standard InChI is InChI=1S/C30H41NO3/c1-18-11-13-22(14-12-18)26-20(3)24-16-31(23-10-8-9-19(2)15-23)17-25(24)21(4)27(26)28(29(32)33)34-30(5,6)7/h11-14,19,23,28H,8-10,15-17H2,1-7H3,(H,32,33)/t19-,23-,28?/m1/s1. The summed E-state index contributed by atoms with van der Waals surface area (Å²) < 4.78 is 6.21. The van der Waals surface area contributed by atoms with Gasteiger partial charge in [-0.3, -0.25) is 4.90 Å². The summed E-state index contributed by atoms with van der Waals surface area (Å²) in [5, 5.41) is 10.3. The van der Waals surface area contributed by atoms with Crippen LogP contribution in [0.1, 0.15) is 92.9 Å². The molecule has 1 heterocycles. The van der Waals surface area contributed by atoms with E-state index in [1.165, 1.54) is 47.9 Å². The first-order valence-electron chi connectivity index (χ1n) is 12.8. The van der Waals surface area contributed by atoms with Gasteiger partial charge >= 0.3 is 5.97 Å². The second-order valence-corrected chi connectivity index (χ2v) is 11.6. The van der Waals surface area contributed by atoms with Crippen molar-refractivity contribution >= 4 is 5.97 Å². The van der Waals surface area contributed by atoms with Crippen molar-refractivity contribution in [3.05, 3.63) is 57.6 Å². The molecule has 34 heavy (non-hydrogen) atoms. The zero-order chi connectivity index (χ0) is 24.8. The van der Waals surface area contributed by atoms with Gasteiger partial charge in [-0.2, -0.15) is 0 Å². The summed E-state index contributed by atoms with van der Waals surface area (Å²) in [6.07, 6.45) is 4.15. The highest BCUT2D eigenvalue weighted by molar-refractivity contribution is 5.84. The quantitative estimate of drug-likeness (QED) is 0.513. The van der Waals surface area contributed by atoms with Gasteiger partial charge in [-0.25, -0.2) is 4.79 Å². The molecule has 1 N–H and O–H groups in total. The summed E-state index contributed by atoms with van der Waals surface area (Å²) in [6.45, 7) is 16.4. The molecular weight excluding hydrogens is 422 g/mol. The third kappa shape index (κ3) is 4.94. The van der Waals surface area contributed by atoms with Crippen LogP contribution in [0.3, 0.4) is 0 Å². The van der Waals surface area contributed by atoms with E-state index in [4.69, 9.17) is 4.74 Å². The lowest BCUT2D eigenvalue weighted by Gasteiger charge is -2.34. The number of nitrogens with zero attached hydrogens (tertiary/aromatic N) is 1. The molecule has 0 bridgehead atoms. The largest absolute Gasteiger partial charge is 0.479 e. The minimum absolute atomic E-state index is 0.572. The first kappa shape index (κ1) is 24.9. The minimum Gasteiger partial charge on any atom is -0.479 e. The predicted octanol–water partition coefficient (Wildman–Crippen LogP) is 7.11. The van der Waals surface area contributed by atoms with E-state index in [0.717, 1.165) is 41.3 Å². The summed E-state index contributed by atoms with van der Waals surface area (Å²) in [5.74, 6) is -0.151. The van der Waals surface area contributed by atoms with Gasteiger partial charge in [0.15, 0.2) is 6.10 Å². The number of hydrogen-bond acceptors (Lipinski definition) is 3. The normalized spacial score (nSPS) is 22.0. The maximum Gasteiger partial charge on any atom is 0.337 e. The van der Waals surface area contributed by atoms with Gasteiger partial charge in [0, 0.05) is 24.7 Å². The summed E-state index contributed by atoms with van der Waals surface area (Å²) in [5.41, 5.74) is 8.52. The third-order valence-electron chi connectivity index (χ3n) is 7.76. The fourth-order valence-corrected chi connectivity index (χ4v) is 6.04. The SMILES string of the molecule is Cc1ccc(-c2c(C)c3c(c(C)c2C(OC(C)(C)C)C(=O)O)CN([C@@H]2CCC[C@@H](C)C2)C3)cc1. The zero-order valence-electron chi connectivity index (χ0n) is 22.0. The van der Waals surface area contributed by atoms with Crippen LogP contribution >= 0.6 is 0 Å². The number of aliphatic carboxylic acids is 1.